The maximum Gasteiger partial charge on any atom is 0.265 e. The Labute approximate surface area is 185 Å². The fourth-order valence-electron chi connectivity index (χ4n) is 4.04. The third-order valence-corrected chi connectivity index (χ3v) is 5.73. The predicted octanol–water partition coefficient (Wildman–Crippen LogP) is 1.13. The number of amides is 2. The van der Waals surface area contributed by atoms with E-state index in [1.54, 1.807) is 9.58 Å². The molecule has 0 atom stereocenters. The van der Waals surface area contributed by atoms with Crippen LogP contribution in [0.4, 0.5) is 11.6 Å². The third-order valence-electron chi connectivity index (χ3n) is 5.73. The van der Waals surface area contributed by atoms with Gasteiger partial charge in [0.1, 0.15) is 5.75 Å². The van der Waals surface area contributed by atoms with Crippen molar-refractivity contribution in [3.8, 4) is 11.4 Å². The molecule has 3 aromatic rings. The number of rotatable bonds is 5. The Morgan fingerprint density at radius 3 is 2.53 bits per heavy atom. The first kappa shape index (κ1) is 20.0. The van der Waals surface area contributed by atoms with Gasteiger partial charge in [0, 0.05) is 39.1 Å². The van der Waals surface area contributed by atoms with Crippen LogP contribution in [0.1, 0.15) is 6.42 Å². The maximum atomic E-state index is 12.8. The molecule has 1 saturated heterocycles. The van der Waals surface area contributed by atoms with Crippen molar-refractivity contribution in [2.45, 2.75) is 6.42 Å². The molecule has 0 N–H and O–H groups in total. The van der Waals surface area contributed by atoms with Crippen LogP contribution in [0.15, 0.2) is 54.6 Å². The molecular weight excluding hydrogens is 410 g/mol. The van der Waals surface area contributed by atoms with Gasteiger partial charge in [0.05, 0.1) is 11.4 Å². The van der Waals surface area contributed by atoms with E-state index in [0.29, 0.717) is 50.1 Å². The maximum absolute atomic E-state index is 12.8. The van der Waals surface area contributed by atoms with Crippen molar-refractivity contribution in [2.24, 2.45) is 0 Å². The van der Waals surface area contributed by atoms with Gasteiger partial charge < -0.3 is 19.4 Å². The van der Waals surface area contributed by atoms with Gasteiger partial charge in [-0.3, -0.25) is 9.59 Å². The fraction of sp³-hybridized carbons (Fsp3) is 0.318. The minimum absolute atomic E-state index is 0.0000104. The summed E-state index contributed by atoms with van der Waals surface area (Å²) in [7, 11) is 0. The zero-order valence-corrected chi connectivity index (χ0v) is 17.5. The number of carbonyl (C=O) groups excluding carboxylic acids is 2. The molecule has 0 unspecified atom stereocenters. The van der Waals surface area contributed by atoms with E-state index < -0.39 is 0 Å². The summed E-state index contributed by atoms with van der Waals surface area (Å²) in [6, 6.07) is 17.1. The van der Waals surface area contributed by atoms with Crippen molar-refractivity contribution in [2.75, 3.05) is 49.1 Å². The molecule has 2 aromatic carbocycles. The van der Waals surface area contributed by atoms with Gasteiger partial charge in [0.15, 0.2) is 6.61 Å². The summed E-state index contributed by atoms with van der Waals surface area (Å²) < 4.78 is 7.17. The molecule has 32 heavy (non-hydrogen) atoms. The average Bonchev–Trinajstić information content (AvgIpc) is 3.34. The Balaban J connectivity index is 1.19. The second kappa shape index (κ2) is 8.66. The number of para-hydroxylation sites is 3. The molecule has 2 aliphatic heterocycles. The summed E-state index contributed by atoms with van der Waals surface area (Å²) in [5.41, 5.74) is 1.61. The van der Waals surface area contributed by atoms with Crippen molar-refractivity contribution in [3.05, 3.63) is 54.6 Å². The van der Waals surface area contributed by atoms with E-state index in [-0.39, 0.29) is 24.8 Å². The molecule has 0 spiro atoms. The van der Waals surface area contributed by atoms with E-state index in [9.17, 15) is 9.59 Å². The van der Waals surface area contributed by atoms with E-state index in [1.165, 1.54) is 0 Å². The first-order valence-electron chi connectivity index (χ1n) is 10.6. The Bertz CT molecular complexity index is 1110. The van der Waals surface area contributed by atoms with E-state index in [0.717, 1.165) is 5.69 Å². The highest BCUT2D eigenvalue weighted by molar-refractivity contribution is 5.98. The minimum atomic E-state index is -0.130. The molecule has 1 fully saturated rings. The van der Waals surface area contributed by atoms with Crippen molar-refractivity contribution in [1.29, 1.82) is 0 Å². The van der Waals surface area contributed by atoms with E-state index >= 15 is 0 Å². The number of anilines is 2. The molecule has 0 radical (unpaired) electrons. The first-order chi connectivity index (χ1) is 15.7. The number of ether oxygens (including phenoxy) is 1. The standard InChI is InChI=1S/C22H23N7O3/c30-20(10-11-28-18-8-4-5-9-19(18)32-16-21(28)31)26-12-14-27(15-13-26)22-23-24-25-29(22)17-6-2-1-3-7-17/h1-9H,10-16H2. The van der Waals surface area contributed by atoms with Crippen LogP contribution in [-0.2, 0) is 9.59 Å². The lowest BCUT2D eigenvalue weighted by molar-refractivity contribution is -0.131. The first-order valence-corrected chi connectivity index (χ1v) is 10.6. The van der Waals surface area contributed by atoms with Crippen LogP contribution in [0.3, 0.4) is 0 Å². The molecule has 3 heterocycles. The molecule has 10 nitrogen and oxygen atoms in total. The number of hydrogen-bond donors (Lipinski definition) is 0. The molecule has 164 valence electrons. The largest absolute Gasteiger partial charge is 0.482 e. The van der Waals surface area contributed by atoms with Gasteiger partial charge in [0.25, 0.3) is 5.91 Å². The SMILES string of the molecule is O=C(CCN1C(=O)COc2ccccc21)N1CCN(c2nnnn2-c2ccccc2)CC1. The number of hydrogen-bond acceptors (Lipinski definition) is 7. The highest BCUT2D eigenvalue weighted by Gasteiger charge is 2.28. The predicted molar refractivity (Wildman–Crippen MR) is 117 cm³/mol. The van der Waals surface area contributed by atoms with E-state index in [2.05, 4.69) is 20.4 Å². The number of piperazine rings is 1. The van der Waals surface area contributed by atoms with Gasteiger partial charge in [-0.05, 0) is 34.7 Å². The van der Waals surface area contributed by atoms with Gasteiger partial charge in [0.2, 0.25) is 11.9 Å². The second-order valence-electron chi connectivity index (χ2n) is 7.65. The Morgan fingerprint density at radius 2 is 1.72 bits per heavy atom. The van der Waals surface area contributed by atoms with Gasteiger partial charge in [-0.25, -0.2) is 0 Å². The lowest BCUT2D eigenvalue weighted by Crippen LogP contribution is -2.50. The van der Waals surface area contributed by atoms with Crippen molar-refractivity contribution < 1.29 is 14.3 Å². The average molecular weight is 433 g/mol. The quantitative estimate of drug-likeness (QED) is 0.595. The van der Waals surface area contributed by atoms with Gasteiger partial charge in [-0.2, -0.15) is 4.68 Å². The Hall–Kier alpha value is -3.95. The summed E-state index contributed by atoms with van der Waals surface area (Å²) in [5.74, 6) is 1.24. The van der Waals surface area contributed by atoms with Crippen molar-refractivity contribution in [3.63, 3.8) is 0 Å². The number of carbonyl (C=O) groups is 2. The molecule has 1 aromatic heterocycles. The van der Waals surface area contributed by atoms with Crippen LogP contribution in [0.25, 0.3) is 5.69 Å². The summed E-state index contributed by atoms with van der Waals surface area (Å²) in [5, 5.41) is 12.1. The third kappa shape index (κ3) is 3.86. The summed E-state index contributed by atoms with van der Waals surface area (Å²) in [4.78, 5) is 30.7. The molecule has 0 saturated carbocycles. The van der Waals surface area contributed by atoms with E-state index in [4.69, 9.17) is 4.74 Å². The number of fused-ring (bicyclic) bond motifs is 1. The number of aromatic nitrogens is 4. The highest BCUT2D eigenvalue weighted by atomic mass is 16.5. The molecule has 10 heteroatoms. The van der Waals surface area contributed by atoms with E-state index in [1.807, 2.05) is 59.5 Å². The summed E-state index contributed by atoms with van der Waals surface area (Å²) >= 11 is 0. The normalized spacial score (nSPS) is 16.0. The zero-order chi connectivity index (χ0) is 21.9. The van der Waals surface area contributed by atoms with Gasteiger partial charge >= 0.3 is 0 Å². The van der Waals surface area contributed by atoms with Crippen molar-refractivity contribution >= 4 is 23.5 Å². The zero-order valence-electron chi connectivity index (χ0n) is 17.5. The Kier molecular flexibility index (Phi) is 5.40. The fourth-order valence-corrected chi connectivity index (χ4v) is 4.04. The molecular formula is C22H23N7O3. The molecule has 2 amide bonds. The Morgan fingerprint density at radius 1 is 0.969 bits per heavy atom. The molecule has 2 aliphatic rings. The second-order valence-corrected chi connectivity index (χ2v) is 7.65. The van der Waals surface area contributed by atoms with Crippen LogP contribution in [0, 0.1) is 0 Å². The summed E-state index contributed by atoms with van der Waals surface area (Å²) in [6.45, 7) is 2.77. The van der Waals surface area contributed by atoms with Gasteiger partial charge in [-0.1, -0.05) is 35.4 Å². The topological polar surface area (TPSA) is 96.7 Å². The van der Waals surface area contributed by atoms with Crippen LogP contribution < -0.4 is 14.5 Å². The van der Waals surface area contributed by atoms with Crippen molar-refractivity contribution in [1.82, 2.24) is 25.1 Å². The lowest BCUT2D eigenvalue weighted by atomic mass is 10.2. The molecule has 0 bridgehead atoms. The van der Waals surface area contributed by atoms with Gasteiger partial charge in [-0.15, -0.1) is 0 Å². The summed E-state index contributed by atoms with van der Waals surface area (Å²) in [6.07, 6.45) is 0.266. The van der Waals surface area contributed by atoms with Crippen LogP contribution >= 0.6 is 0 Å². The van der Waals surface area contributed by atoms with Crippen LogP contribution in [0.5, 0.6) is 5.75 Å². The number of nitrogens with zero attached hydrogens (tertiary/aromatic N) is 7. The highest BCUT2D eigenvalue weighted by Crippen LogP contribution is 2.31. The number of benzene rings is 2. The monoisotopic (exact) mass is 433 g/mol. The van der Waals surface area contributed by atoms with Crippen LogP contribution in [0.2, 0.25) is 0 Å². The smallest absolute Gasteiger partial charge is 0.265 e. The number of tetrazole rings is 1. The van der Waals surface area contributed by atoms with Crippen LogP contribution in [-0.4, -0.2) is 76.3 Å². The minimum Gasteiger partial charge on any atom is -0.482 e. The molecule has 5 rings (SSSR count). The lowest BCUT2D eigenvalue weighted by Gasteiger charge is -2.35. The molecule has 0 aliphatic carbocycles.